The van der Waals surface area contributed by atoms with Gasteiger partial charge < -0.3 is 15.4 Å². The number of nitrogens with one attached hydrogen (secondary N) is 2. The van der Waals surface area contributed by atoms with Crippen LogP contribution in [0.4, 0.5) is 0 Å². The summed E-state index contributed by atoms with van der Waals surface area (Å²) in [6, 6.07) is 14.9. The van der Waals surface area contributed by atoms with Gasteiger partial charge in [0.25, 0.3) is 11.8 Å². The van der Waals surface area contributed by atoms with Crippen molar-refractivity contribution in [3.05, 3.63) is 65.2 Å². The smallest absolute Gasteiger partial charge is 0.258 e. The molecule has 0 fully saturated rings. The van der Waals surface area contributed by atoms with Gasteiger partial charge in [-0.1, -0.05) is 56.7 Å². The zero-order chi connectivity index (χ0) is 19.9. The molecule has 0 aliphatic rings. The maximum absolute atomic E-state index is 12.0. The largest absolute Gasteiger partial charge is 0.483 e. The quantitative estimate of drug-likeness (QED) is 0.738. The summed E-state index contributed by atoms with van der Waals surface area (Å²) in [5, 5.41) is 5.52. The molecule has 0 atom stereocenters. The van der Waals surface area contributed by atoms with Gasteiger partial charge in [0.05, 0.1) is 0 Å². The van der Waals surface area contributed by atoms with Crippen LogP contribution < -0.4 is 15.4 Å². The molecule has 5 heteroatoms. The van der Waals surface area contributed by atoms with Gasteiger partial charge in [-0.15, -0.1) is 0 Å². The maximum Gasteiger partial charge on any atom is 0.258 e. The summed E-state index contributed by atoms with van der Waals surface area (Å²) < 4.78 is 5.73. The molecule has 0 saturated heterocycles. The molecule has 2 rings (SSSR count). The number of aryl methyl sites for hydroxylation is 1. The molecular weight excluding hydrogens is 340 g/mol. The molecule has 5 nitrogen and oxygen atoms in total. The van der Waals surface area contributed by atoms with Gasteiger partial charge in [-0.2, -0.15) is 0 Å². The molecular formula is C22H28N2O3. The van der Waals surface area contributed by atoms with Gasteiger partial charge in [0.15, 0.2) is 6.61 Å². The Bertz CT molecular complexity index is 780. The highest BCUT2D eigenvalue weighted by molar-refractivity contribution is 5.94. The number of carbonyl (C=O) groups excluding carboxylic acids is 2. The van der Waals surface area contributed by atoms with Crippen molar-refractivity contribution in [2.24, 2.45) is 0 Å². The zero-order valence-electron chi connectivity index (χ0n) is 16.5. The lowest BCUT2D eigenvalue weighted by Gasteiger charge is -2.23. The van der Waals surface area contributed by atoms with Crippen molar-refractivity contribution in [3.63, 3.8) is 0 Å². The summed E-state index contributed by atoms with van der Waals surface area (Å²) in [5.74, 6) is 0.348. The summed E-state index contributed by atoms with van der Waals surface area (Å²) in [4.78, 5) is 23.9. The highest BCUT2D eigenvalue weighted by Crippen LogP contribution is 2.32. The van der Waals surface area contributed by atoms with Crippen LogP contribution in [0, 0.1) is 6.92 Å². The monoisotopic (exact) mass is 368 g/mol. The molecule has 0 aromatic heterocycles. The standard InChI is InChI=1S/C22H28N2O3/c1-16-10-11-19(18(14-16)22(2,3)4)27-15-20(25)23-12-13-24-21(26)17-8-6-5-7-9-17/h5-11,14H,12-13,15H2,1-4H3,(H,23,25)(H,24,26). The minimum Gasteiger partial charge on any atom is -0.483 e. The molecule has 0 saturated carbocycles. The van der Waals surface area contributed by atoms with E-state index in [4.69, 9.17) is 4.74 Å². The first kappa shape index (κ1) is 20.5. The number of amides is 2. The summed E-state index contributed by atoms with van der Waals surface area (Å²) >= 11 is 0. The van der Waals surface area contributed by atoms with Gasteiger partial charge in [-0.25, -0.2) is 0 Å². The number of carbonyl (C=O) groups is 2. The average molecular weight is 368 g/mol. The molecule has 0 unspecified atom stereocenters. The van der Waals surface area contributed by atoms with E-state index < -0.39 is 0 Å². The second kappa shape index (κ2) is 9.21. The summed E-state index contributed by atoms with van der Waals surface area (Å²) in [7, 11) is 0. The lowest BCUT2D eigenvalue weighted by atomic mass is 9.85. The van der Waals surface area contributed by atoms with E-state index in [9.17, 15) is 9.59 Å². The van der Waals surface area contributed by atoms with Crippen molar-refractivity contribution in [1.82, 2.24) is 10.6 Å². The highest BCUT2D eigenvalue weighted by Gasteiger charge is 2.19. The van der Waals surface area contributed by atoms with Gasteiger partial charge in [0.1, 0.15) is 5.75 Å². The van der Waals surface area contributed by atoms with E-state index in [0.29, 0.717) is 18.7 Å². The molecule has 0 spiro atoms. The fourth-order valence-corrected chi connectivity index (χ4v) is 2.62. The van der Waals surface area contributed by atoms with Gasteiger partial charge >= 0.3 is 0 Å². The van der Waals surface area contributed by atoms with Gasteiger partial charge in [0, 0.05) is 18.7 Å². The number of ether oxygens (including phenoxy) is 1. The van der Waals surface area contributed by atoms with E-state index in [1.807, 2.05) is 37.3 Å². The SMILES string of the molecule is Cc1ccc(OCC(=O)NCCNC(=O)c2ccccc2)c(C(C)(C)C)c1. The summed E-state index contributed by atoms with van der Waals surface area (Å²) in [5.41, 5.74) is 2.76. The van der Waals surface area contributed by atoms with Gasteiger partial charge in [-0.05, 0) is 36.1 Å². The predicted octanol–water partition coefficient (Wildman–Crippen LogP) is 3.22. The third-order valence-corrected chi connectivity index (χ3v) is 4.07. The fraction of sp³-hybridized carbons (Fsp3) is 0.364. The second-order valence-electron chi connectivity index (χ2n) is 7.51. The molecule has 144 valence electrons. The lowest BCUT2D eigenvalue weighted by Crippen LogP contribution is -2.36. The van der Waals surface area contributed by atoms with Crippen LogP contribution >= 0.6 is 0 Å². The maximum atomic E-state index is 12.0. The van der Waals surface area contributed by atoms with Crippen LogP contribution in [-0.4, -0.2) is 31.5 Å². The minimum atomic E-state index is -0.218. The van der Waals surface area contributed by atoms with Crippen LogP contribution in [0.3, 0.4) is 0 Å². The first-order valence-corrected chi connectivity index (χ1v) is 9.11. The lowest BCUT2D eigenvalue weighted by molar-refractivity contribution is -0.123. The third kappa shape index (κ3) is 6.44. The van der Waals surface area contributed by atoms with Crippen LogP contribution in [-0.2, 0) is 10.2 Å². The molecule has 2 aromatic carbocycles. The Labute approximate surface area is 161 Å². The Hall–Kier alpha value is -2.82. The van der Waals surface area contributed by atoms with Crippen molar-refractivity contribution >= 4 is 11.8 Å². The van der Waals surface area contributed by atoms with Crippen molar-refractivity contribution in [1.29, 1.82) is 0 Å². The van der Waals surface area contributed by atoms with Crippen LogP contribution in [0.5, 0.6) is 5.75 Å². The topological polar surface area (TPSA) is 67.4 Å². The van der Waals surface area contributed by atoms with E-state index in [1.54, 1.807) is 12.1 Å². The van der Waals surface area contributed by atoms with E-state index in [2.05, 4.69) is 37.5 Å². The van der Waals surface area contributed by atoms with Crippen molar-refractivity contribution in [2.45, 2.75) is 33.1 Å². The Morgan fingerprint density at radius 3 is 2.30 bits per heavy atom. The Morgan fingerprint density at radius 1 is 0.963 bits per heavy atom. The zero-order valence-corrected chi connectivity index (χ0v) is 16.5. The molecule has 27 heavy (non-hydrogen) atoms. The average Bonchev–Trinajstić information content (AvgIpc) is 2.64. The third-order valence-electron chi connectivity index (χ3n) is 4.07. The molecule has 0 radical (unpaired) electrons. The Kier molecular flexibility index (Phi) is 6.99. The highest BCUT2D eigenvalue weighted by atomic mass is 16.5. The number of rotatable bonds is 7. The number of hydrogen-bond donors (Lipinski definition) is 2. The van der Waals surface area contributed by atoms with Gasteiger partial charge in [0.2, 0.25) is 0 Å². The van der Waals surface area contributed by atoms with E-state index in [-0.39, 0.29) is 23.8 Å². The van der Waals surface area contributed by atoms with Gasteiger partial charge in [-0.3, -0.25) is 9.59 Å². The molecule has 0 aliphatic carbocycles. The predicted molar refractivity (Wildman–Crippen MR) is 107 cm³/mol. The number of hydrogen-bond acceptors (Lipinski definition) is 3. The summed E-state index contributed by atoms with van der Waals surface area (Å²) in [6.45, 7) is 9.03. The van der Waals surface area contributed by atoms with E-state index in [0.717, 1.165) is 16.9 Å². The minimum absolute atomic E-state index is 0.0568. The van der Waals surface area contributed by atoms with Crippen LogP contribution in [0.2, 0.25) is 0 Å². The Balaban J connectivity index is 1.76. The molecule has 2 N–H and O–H groups in total. The second-order valence-corrected chi connectivity index (χ2v) is 7.51. The Morgan fingerprint density at radius 2 is 1.63 bits per heavy atom. The molecule has 0 bridgehead atoms. The first-order chi connectivity index (χ1) is 12.8. The van der Waals surface area contributed by atoms with Crippen molar-refractivity contribution in [3.8, 4) is 5.75 Å². The molecule has 0 aliphatic heterocycles. The van der Waals surface area contributed by atoms with Crippen LogP contribution in [0.15, 0.2) is 48.5 Å². The van der Waals surface area contributed by atoms with Crippen LogP contribution in [0.25, 0.3) is 0 Å². The fourth-order valence-electron chi connectivity index (χ4n) is 2.62. The first-order valence-electron chi connectivity index (χ1n) is 9.11. The molecule has 2 amide bonds. The van der Waals surface area contributed by atoms with Crippen LogP contribution in [0.1, 0.15) is 42.3 Å². The van der Waals surface area contributed by atoms with E-state index in [1.165, 1.54) is 0 Å². The number of benzene rings is 2. The van der Waals surface area contributed by atoms with Crippen molar-refractivity contribution < 1.29 is 14.3 Å². The summed E-state index contributed by atoms with van der Waals surface area (Å²) in [6.07, 6.45) is 0. The molecule has 2 aromatic rings. The van der Waals surface area contributed by atoms with E-state index >= 15 is 0 Å². The van der Waals surface area contributed by atoms with Crippen molar-refractivity contribution in [2.75, 3.05) is 19.7 Å². The normalized spacial score (nSPS) is 11.0. The molecule has 0 heterocycles.